The smallest absolute Gasteiger partial charge is 0.238 e. The van der Waals surface area contributed by atoms with Gasteiger partial charge >= 0.3 is 0 Å². The molecule has 0 fully saturated rings. The van der Waals surface area contributed by atoms with Crippen molar-refractivity contribution in [3.05, 3.63) is 328 Å². The third-order valence-electron chi connectivity index (χ3n) is 18.0. The van der Waals surface area contributed by atoms with Crippen molar-refractivity contribution in [3.8, 4) is 79.9 Å². The number of rotatable bonds is 9. The highest BCUT2D eigenvalue weighted by molar-refractivity contribution is 6.27. The number of benzene rings is 13. The molecule has 0 saturated heterocycles. The summed E-state index contributed by atoms with van der Waals surface area (Å²) in [6, 6.07) is 114. The summed E-state index contributed by atoms with van der Waals surface area (Å²) in [5.74, 6) is 3.70. The van der Waals surface area contributed by atoms with Gasteiger partial charge in [-0.3, -0.25) is 9.13 Å². The minimum absolute atomic E-state index is 0.578. The Morgan fingerprint density at radius 2 is 0.436 bits per heavy atom. The highest BCUT2D eigenvalue weighted by Gasteiger charge is 2.25. The molecule has 440 valence electrons. The molecule has 0 amide bonds. The van der Waals surface area contributed by atoms with Gasteiger partial charge in [0.25, 0.3) is 0 Å². The molecule has 0 radical (unpaired) electrons. The van der Waals surface area contributed by atoms with Gasteiger partial charge in [0.05, 0.1) is 44.1 Å². The molecule has 0 aliphatic rings. The first kappa shape index (κ1) is 54.1. The Hall–Kier alpha value is -12.9. The maximum atomic E-state index is 5.21. The predicted molar refractivity (Wildman–Crippen MR) is 384 cm³/mol. The van der Waals surface area contributed by atoms with Crippen LogP contribution in [0.5, 0.6) is 0 Å². The summed E-state index contributed by atoms with van der Waals surface area (Å²) in [5, 5.41) is 9.49. The number of hydrogen-bond donors (Lipinski definition) is 0. The number of para-hydroxylation sites is 6. The summed E-state index contributed by atoms with van der Waals surface area (Å²) in [6.45, 7) is 0. The van der Waals surface area contributed by atoms with Crippen molar-refractivity contribution in [3.63, 3.8) is 0 Å². The van der Waals surface area contributed by atoms with E-state index in [0.717, 1.165) is 77.4 Å². The van der Waals surface area contributed by atoms with Gasteiger partial charge in [-0.15, -0.1) is 0 Å². The number of aromatic nitrogens is 10. The Balaban J connectivity index is 0.000000139. The monoisotopic (exact) mass is 1200 g/mol. The number of fused-ring (bicyclic) bond motifs is 14. The Labute approximate surface area is 539 Å². The van der Waals surface area contributed by atoms with E-state index in [1.54, 1.807) is 0 Å². The van der Waals surface area contributed by atoms with Gasteiger partial charge in [0, 0.05) is 76.7 Å². The zero-order valence-corrected chi connectivity index (χ0v) is 50.6. The van der Waals surface area contributed by atoms with E-state index in [0.29, 0.717) is 35.2 Å². The summed E-state index contributed by atoms with van der Waals surface area (Å²) in [5.41, 5.74) is 17.2. The summed E-state index contributed by atoms with van der Waals surface area (Å²) in [7, 11) is 0. The van der Waals surface area contributed by atoms with E-state index in [2.05, 4.69) is 261 Å². The van der Waals surface area contributed by atoms with E-state index >= 15 is 0 Å². The maximum Gasteiger partial charge on any atom is 0.238 e. The van der Waals surface area contributed by atoms with E-state index in [1.165, 1.54) is 54.6 Å². The Kier molecular flexibility index (Phi) is 13.0. The van der Waals surface area contributed by atoms with Crippen LogP contribution in [0.1, 0.15) is 0 Å². The van der Waals surface area contributed by atoms with Gasteiger partial charge in [0.15, 0.2) is 23.3 Å². The standard InChI is InChI=1S/C45H29N5.C39H25N5/c1-4-14-30(15-5-1)31-24-26-33(27-25-31)44-46-43(32-16-6-2-7-17-32)47-45(48-44)50-39-23-13-11-21-37(39)41-40(50)29-28-36-35-20-10-12-22-38(35)49(42(36)41)34-18-8-3-9-19-34;1-4-14-26(15-5-1)37-40-38(27-16-6-2-7-17-27)42-39(41-37)44-33-23-13-11-21-31(33)35-34(44)25-24-30-29-20-10-12-22-32(29)43(36(30)35)28-18-8-3-9-19-28/h1-29H;1-25H. The molecule has 19 aromatic rings. The third-order valence-corrected chi connectivity index (χ3v) is 18.0. The molecular formula is C84H54N10. The van der Waals surface area contributed by atoms with E-state index in [1.807, 2.05) is 84.9 Å². The van der Waals surface area contributed by atoms with Gasteiger partial charge in [-0.1, -0.05) is 267 Å². The molecule has 6 heterocycles. The van der Waals surface area contributed by atoms with Crippen molar-refractivity contribution in [1.29, 1.82) is 0 Å². The van der Waals surface area contributed by atoms with Crippen molar-refractivity contribution in [2.24, 2.45) is 0 Å². The van der Waals surface area contributed by atoms with Crippen molar-refractivity contribution in [2.45, 2.75) is 0 Å². The van der Waals surface area contributed by atoms with Crippen LogP contribution in [0.25, 0.3) is 167 Å². The molecule has 0 unspecified atom stereocenters. The summed E-state index contributed by atoms with van der Waals surface area (Å²) < 4.78 is 9.18. The van der Waals surface area contributed by atoms with Crippen LogP contribution in [0, 0.1) is 0 Å². The molecule has 0 N–H and O–H groups in total. The van der Waals surface area contributed by atoms with Gasteiger partial charge in [-0.25, -0.2) is 9.97 Å². The molecular weight excluding hydrogens is 1150 g/mol. The highest BCUT2D eigenvalue weighted by atomic mass is 15.2. The minimum atomic E-state index is 0.578. The van der Waals surface area contributed by atoms with Crippen LogP contribution in [0.15, 0.2) is 328 Å². The average molecular weight is 1200 g/mol. The molecule has 94 heavy (non-hydrogen) atoms. The maximum absolute atomic E-state index is 5.21. The lowest BCUT2D eigenvalue weighted by Gasteiger charge is -2.11. The van der Waals surface area contributed by atoms with Crippen molar-refractivity contribution in [2.75, 3.05) is 0 Å². The quantitative estimate of drug-likeness (QED) is 0.143. The lowest BCUT2D eigenvalue weighted by Crippen LogP contribution is -2.06. The molecule has 19 rings (SSSR count). The van der Waals surface area contributed by atoms with Gasteiger partial charge in [0.2, 0.25) is 11.9 Å². The van der Waals surface area contributed by atoms with E-state index in [-0.39, 0.29) is 0 Å². The van der Waals surface area contributed by atoms with Crippen LogP contribution >= 0.6 is 0 Å². The second-order valence-corrected chi connectivity index (χ2v) is 23.4. The number of hydrogen-bond acceptors (Lipinski definition) is 6. The second kappa shape index (κ2) is 22.5. The Morgan fingerprint density at radius 1 is 0.170 bits per heavy atom. The van der Waals surface area contributed by atoms with Crippen LogP contribution < -0.4 is 0 Å². The predicted octanol–water partition coefficient (Wildman–Crippen LogP) is 20.5. The first-order chi connectivity index (χ1) is 46.7. The molecule has 0 aliphatic heterocycles. The molecule has 0 atom stereocenters. The Morgan fingerprint density at radius 3 is 0.798 bits per heavy atom. The second-order valence-electron chi connectivity index (χ2n) is 23.4. The Bertz CT molecular complexity index is 6000. The summed E-state index contributed by atoms with van der Waals surface area (Å²) in [6.07, 6.45) is 0. The molecule has 10 nitrogen and oxygen atoms in total. The van der Waals surface area contributed by atoms with E-state index in [4.69, 9.17) is 29.9 Å². The van der Waals surface area contributed by atoms with Crippen molar-refractivity contribution >= 4 is 87.2 Å². The fraction of sp³-hybridized carbons (Fsp3) is 0. The lowest BCUT2D eigenvalue weighted by molar-refractivity contribution is 0.953. The van der Waals surface area contributed by atoms with Crippen LogP contribution in [0.3, 0.4) is 0 Å². The molecule has 0 saturated carbocycles. The topological polar surface area (TPSA) is 97.1 Å². The zero-order chi connectivity index (χ0) is 62.1. The van der Waals surface area contributed by atoms with Gasteiger partial charge in [-0.2, -0.15) is 19.9 Å². The lowest BCUT2D eigenvalue weighted by atomic mass is 10.0. The summed E-state index contributed by atoms with van der Waals surface area (Å²) in [4.78, 5) is 30.6. The normalized spacial score (nSPS) is 11.6. The number of nitrogens with zero attached hydrogens (tertiary/aromatic N) is 10. The van der Waals surface area contributed by atoms with Gasteiger partial charge in [0.1, 0.15) is 0 Å². The molecule has 13 aromatic carbocycles. The molecule has 0 aliphatic carbocycles. The van der Waals surface area contributed by atoms with Crippen LogP contribution in [-0.2, 0) is 0 Å². The fourth-order valence-corrected chi connectivity index (χ4v) is 13.8. The summed E-state index contributed by atoms with van der Waals surface area (Å²) >= 11 is 0. The van der Waals surface area contributed by atoms with Crippen LogP contribution in [0.2, 0.25) is 0 Å². The first-order valence-electron chi connectivity index (χ1n) is 31.5. The minimum Gasteiger partial charge on any atom is -0.309 e. The van der Waals surface area contributed by atoms with Crippen LogP contribution in [0.4, 0.5) is 0 Å². The van der Waals surface area contributed by atoms with Crippen molar-refractivity contribution < 1.29 is 0 Å². The highest BCUT2D eigenvalue weighted by Crippen LogP contribution is 2.44. The molecule has 6 aromatic heterocycles. The van der Waals surface area contributed by atoms with Gasteiger partial charge in [-0.05, 0) is 71.8 Å². The SMILES string of the molecule is c1ccc(-c2ccc(-c3nc(-c4ccccc4)nc(-n4c5ccccc5c5c4ccc4c6ccccc6n(-c6ccccc6)c45)n3)cc2)cc1.c1ccc(-c2nc(-c3ccccc3)nc(-n3c4ccccc4c4c3ccc3c5ccccc5n(-c5ccccc5)c34)n2)cc1. The molecule has 0 bridgehead atoms. The molecule has 10 heteroatoms. The average Bonchev–Trinajstić information content (AvgIpc) is 1.55. The van der Waals surface area contributed by atoms with Crippen molar-refractivity contribution in [1.82, 2.24) is 48.2 Å². The van der Waals surface area contributed by atoms with E-state index < -0.39 is 0 Å². The fourth-order valence-electron chi connectivity index (χ4n) is 13.8. The first-order valence-corrected chi connectivity index (χ1v) is 31.5. The zero-order valence-electron chi connectivity index (χ0n) is 50.6. The largest absolute Gasteiger partial charge is 0.309 e. The molecule has 0 spiro atoms. The van der Waals surface area contributed by atoms with E-state index in [9.17, 15) is 0 Å². The van der Waals surface area contributed by atoms with Crippen LogP contribution in [-0.4, -0.2) is 48.2 Å². The third kappa shape index (κ3) is 9.03. The van der Waals surface area contributed by atoms with Gasteiger partial charge < -0.3 is 9.13 Å².